The molecule has 132 valence electrons. The number of nitrogens with one attached hydrogen (secondary N) is 1. The molecule has 0 bridgehead atoms. The third-order valence-electron chi connectivity index (χ3n) is 2.53. The minimum atomic E-state index is -2.53. The van der Waals surface area contributed by atoms with Crippen molar-refractivity contribution in [1.82, 2.24) is 10.3 Å². The number of aliphatic imine (C=N–C) groups is 1. The number of halogens is 3. The lowest BCUT2D eigenvalue weighted by Crippen LogP contribution is -2.32. The molecule has 1 aromatic heterocycles. The molecule has 1 heterocycles. The molecular weight excluding hydrogens is 421 g/mol. The maximum Gasteiger partial charge on any atom is 0.272 e. The monoisotopic (exact) mass is 444 g/mol. The van der Waals surface area contributed by atoms with Gasteiger partial charge < -0.3 is 20.5 Å². The number of nitrogens with two attached hydrogens (primary N) is 1. The van der Waals surface area contributed by atoms with E-state index in [1.807, 2.05) is 6.92 Å². The number of aromatic nitrogens is 1. The topological polar surface area (TPSA) is 81.8 Å². The van der Waals surface area contributed by atoms with Gasteiger partial charge in [-0.25, -0.2) is 18.8 Å². The maximum atomic E-state index is 12.1. The van der Waals surface area contributed by atoms with Gasteiger partial charge in [0.15, 0.2) is 12.6 Å². The van der Waals surface area contributed by atoms with Crippen molar-refractivity contribution in [2.75, 3.05) is 26.4 Å². The van der Waals surface area contributed by atoms with E-state index >= 15 is 0 Å². The van der Waals surface area contributed by atoms with E-state index in [-0.39, 0.29) is 36.4 Å². The maximum absolute atomic E-state index is 12.1. The van der Waals surface area contributed by atoms with Crippen molar-refractivity contribution in [3.63, 3.8) is 0 Å². The second kappa shape index (κ2) is 13.2. The van der Waals surface area contributed by atoms with E-state index < -0.39 is 13.0 Å². The van der Waals surface area contributed by atoms with Crippen molar-refractivity contribution in [2.24, 2.45) is 10.7 Å². The van der Waals surface area contributed by atoms with Gasteiger partial charge in [-0.15, -0.1) is 24.0 Å². The zero-order valence-corrected chi connectivity index (χ0v) is 15.3. The highest BCUT2D eigenvalue weighted by molar-refractivity contribution is 14.0. The zero-order valence-electron chi connectivity index (χ0n) is 13.0. The molecule has 0 radical (unpaired) electrons. The van der Waals surface area contributed by atoms with Crippen LogP contribution in [0.2, 0.25) is 0 Å². The molecule has 0 saturated carbocycles. The van der Waals surface area contributed by atoms with Crippen molar-refractivity contribution in [1.29, 1.82) is 0 Å². The van der Waals surface area contributed by atoms with Crippen LogP contribution in [-0.2, 0) is 11.3 Å². The second-order valence-corrected chi connectivity index (χ2v) is 4.35. The molecule has 1 rings (SSSR count). The van der Waals surface area contributed by atoms with Gasteiger partial charge >= 0.3 is 0 Å². The average Bonchev–Trinajstić information content (AvgIpc) is 2.51. The Morgan fingerprint density at radius 2 is 2.22 bits per heavy atom. The summed E-state index contributed by atoms with van der Waals surface area (Å²) in [7, 11) is 0. The van der Waals surface area contributed by atoms with Crippen LogP contribution in [0.5, 0.6) is 5.88 Å². The Morgan fingerprint density at radius 1 is 1.43 bits per heavy atom. The van der Waals surface area contributed by atoms with Gasteiger partial charge in [0.25, 0.3) is 6.43 Å². The number of nitrogens with zero attached hydrogens (tertiary/aromatic N) is 2. The number of pyridine rings is 1. The van der Waals surface area contributed by atoms with Gasteiger partial charge in [-0.2, -0.15) is 0 Å². The minimum absolute atomic E-state index is 0. The summed E-state index contributed by atoms with van der Waals surface area (Å²) in [5, 5.41) is 2.96. The number of hydrogen-bond donors (Lipinski definition) is 2. The van der Waals surface area contributed by atoms with Crippen molar-refractivity contribution < 1.29 is 18.3 Å². The highest BCUT2D eigenvalue weighted by atomic mass is 127. The molecule has 0 unspecified atom stereocenters. The lowest BCUT2D eigenvalue weighted by Gasteiger charge is -2.07. The first-order valence-electron chi connectivity index (χ1n) is 7.10. The molecule has 9 heteroatoms. The number of rotatable bonds is 10. The summed E-state index contributed by atoms with van der Waals surface area (Å²) in [6.45, 7) is 3.54. The third-order valence-corrected chi connectivity index (χ3v) is 2.53. The fourth-order valence-corrected chi connectivity index (χ4v) is 1.53. The van der Waals surface area contributed by atoms with E-state index in [2.05, 4.69) is 15.3 Å². The van der Waals surface area contributed by atoms with Crippen molar-refractivity contribution in [3.05, 3.63) is 23.9 Å². The summed E-state index contributed by atoms with van der Waals surface area (Å²) < 4.78 is 34.2. The molecule has 0 aliphatic heterocycles. The van der Waals surface area contributed by atoms with Gasteiger partial charge in [0.05, 0.1) is 12.2 Å². The Labute approximate surface area is 151 Å². The summed E-state index contributed by atoms with van der Waals surface area (Å²) >= 11 is 0. The van der Waals surface area contributed by atoms with Crippen molar-refractivity contribution >= 4 is 29.9 Å². The SMILES string of the molecule is CCOCCCNC(N)=NCc1cccc(OCC(F)F)n1.I. The molecule has 1 aromatic rings. The van der Waals surface area contributed by atoms with E-state index in [4.69, 9.17) is 15.2 Å². The number of ether oxygens (including phenoxy) is 2. The molecule has 3 N–H and O–H groups in total. The Balaban J connectivity index is 0.00000484. The lowest BCUT2D eigenvalue weighted by molar-refractivity contribution is 0.0795. The van der Waals surface area contributed by atoms with Gasteiger partial charge in [0.2, 0.25) is 5.88 Å². The van der Waals surface area contributed by atoms with E-state index in [1.165, 1.54) is 6.07 Å². The van der Waals surface area contributed by atoms with Crippen LogP contribution >= 0.6 is 24.0 Å². The smallest absolute Gasteiger partial charge is 0.272 e. The van der Waals surface area contributed by atoms with Gasteiger partial charge in [-0.05, 0) is 19.4 Å². The first-order chi connectivity index (χ1) is 10.6. The molecule has 6 nitrogen and oxygen atoms in total. The molecule has 0 spiro atoms. The predicted octanol–water partition coefficient (Wildman–Crippen LogP) is 2.17. The van der Waals surface area contributed by atoms with Crippen LogP contribution in [0.4, 0.5) is 8.78 Å². The van der Waals surface area contributed by atoms with E-state index in [0.29, 0.717) is 31.4 Å². The first-order valence-corrected chi connectivity index (χ1v) is 7.10. The third kappa shape index (κ3) is 11.0. The quantitative estimate of drug-likeness (QED) is 0.250. The summed E-state index contributed by atoms with van der Waals surface area (Å²) in [6.07, 6.45) is -1.70. The molecule has 0 aliphatic carbocycles. The zero-order chi connectivity index (χ0) is 16.2. The second-order valence-electron chi connectivity index (χ2n) is 4.35. The number of guanidine groups is 1. The highest BCUT2D eigenvalue weighted by Gasteiger charge is 2.05. The molecule has 0 amide bonds. The summed E-state index contributed by atoms with van der Waals surface area (Å²) in [4.78, 5) is 8.20. The summed E-state index contributed by atoms with van der Waals surface area (Å²) in [6, 6.07) is 4.91. The van der Waals surface area contributed by atoms with Gasteiger partial charge in [0, 0.05) is 25.8 Å². The lowest BCUT2D eigenvalue weighted by atomic mass is 10.3. The normalized spacial score (nSPS) is 11.2. The Morgan fingerprint density at radius 3 is 2.91 bits per heavy atom. The highest BCUT2D eigenvalue weighted by Crippen LogP contribution is 2.09. The van der Waals surface area contributed by atoms with Crippen LogP contribution < -0.4 is 15.8 Å². The van der Waals surface area contributed by atoms with Gasteiger partial charge in [-0.1, -0.05) is 6.07 Å². The van der Waals surface area contributed by atoms with E-state index in [0.717, 1.165) is 6.42 Å². The minimum Gasteiger partial charge on any atom is -0.472 e. The van der Waals surface area contributed by atoms with Crippen LogP contribution in [-0.4, -0.2) is 43.7 Å². The molecule has 0 saturated heterocycles. The fraction of sp³-hybridized carbons (Fsp3) is 0.571. The summed E-state index contributed by atoms with van der Waals surface area (Å²) in [5.74, 6) is 0.452. The molecule has 0 aromatic carbocycles. The van der Waals surface area contributed by atoms with Crippen LogP contribution in [0.25, 0.3) is 0 Å². The van der Waals surface area contributed by atoms with Crippen molar-refractivity contribution in [2.45, 2.75) is 26.3 Å². The van der Waals surface area contributed by atoms with Crippen LogP contribution in [0.1, 0.15) is 19.0 Å². The first kappa shape index (κ1) is 21.8. The number of alkyl halides is 2. The molecule has 0 aliphatic rings. The molecule has 0 fully saturated rings. The Kier molecular flexibility index (Phi) is 12.5. The Hall–Kier alpha value is -1.23. The van der Waals surface area contributed by atoms with Gasteiger partial charge in [0.1, 0.15) is 0 Å². The number of hydrogen-bond acceptors (Lipinski definition) is 4. The molecule has 0 atom stereocenters. The average molecular weight is 444 g/mol. The summed E-state index contributed by atoms with van der Waals surface area (Å²) in [5.41, 5.74) is 6.30. The largest absolute Gasteiger partial charge is 0.472 e. The fourth-order valence-electron chi connectivity index (χ4n) is 1.53. The Bertz CT molecular complexity index is 464. The van der Waals surface area contributed by atoms with Crippen LogP contribution in [0.15, 0.2) is 23.2 Å². The molecular formula is C14H23F2IN4O2. The van der Waals surface area contributed by atoms with E-state index in [9.17, 15) is 8.78 Å². The van der Waals surface area contributed by atoms with Crippen LogP contribution in [0.3, 0.4) is 0 Å². The predicted molar refractivity (Wildman–Crippen MR) is 95.6 cm³/mol. The van der Waals surface area contributed by atoms with Crippen LogP contribution in [0, 0.1) is 0 Å². The van der Waals surface area contributed by atoms with E-state index in [1.54, 1.807) is 12.1 Å². The van der Waals surface area contributed by atoms with Crippen molar-refractivity contribution in [3.8, 4) is 5.88 Å². The standard InChI is InChI=1S/C14H22F2N4O2.HI/c1-2-21-8-4-7-18-14(17)19-9-11-5-3-6-13(20-11)22-10-12(15)16;/h3,5-6,12H,2,4,7-10H2,1H3,(H3,17,18,19);1H. The van der Waals surface area contributed by atoms with Gasteiger partial charge in [-0.3, -0.25) is 0 Å². The molecule has 23 heavy (non-hydrogen) atoms.